The van der Waals surface area contributed by atoms with Gasteiger partial charge in [-0.15, -0.1) is 0 Å². The number of anilines is 1. The van der Waals surface area contributed by atoms with Crippen molar-refractivity contribution < 1.29 is 31.0 Å². The van der Waals surface area contributed by atoms with Gasteiger partial charge in [-0.25, -0.2) is 9.97 Å². The first-order valence-electron chi connectivity index (χ1n) is 10.9. The van der Waals surface area contributed by atoms with E-state index in [1.807, 2.05) is 30.0 Å². The fraction of sp³-hybridized carbons (Fsp3) is 0.375. The smallest absolute Gasteiger partial charge is 0.426 e. The molecule has 1 aliphatic heterocycles. The predicted molar refractivity (Wildman–Crippen MR) is 126 cm³/mol. The van der Waals surface area contributed by atoms with Gasteiger partial charge in [-0.05, 0) is 56.5 Å². The quantitative estimate of drug-likeness (QED) is 0.520. The number of phenolic OH excluding ortho intramolecular Hbond substituents is 1. The minimum absolute atomic E-state index is 0. The topological polar surface area (TPSA) is 98.6 Å². The number of para-hydroxylation sites is 1. The Morgan fingerprint density at radius 3 is 2.47 bits per heavy atom. The summed E-state index contributed by atoms with van der Waals surface area (Å²) in [7, 11) is 0. The molecular weight excluding hydrogens is 449 g/mol. The summed E-state index contributed by atoms with van der Waals surface area (Å²) in [5, 5.41) is 23.0. The fourth-order valence-electron chi connectivity index (χ4n) is 3.94. The zero-order valence-electron chi connectivity index (χ0n) is 18.7. The number of hydrogen-bond acceptors (Lipinski definition) is 6. The molecule has 0 spiro atoms. The van der Waals surface area contributed by atoms with Crippen molar-refractivity contribution in [1.29, 1.82) is 0 Å². The highest BCUT2D eigenvalue weighted by molar-refractivity contribution is 5.92. The van der Waals surface area contributed by atoms with Crippen LogP contribution in [0.5, 0.6) is 5.75 Å². The van der Waals surface area contributed by atoms with Crippen LogP contribution in [-0.2, 0) is 4.79 Å². The fourth-order valence-corrected chi connectivity index (χ4v) is 3.94. The number of alkyl halides is 3. The molecule has 184 valence electrons. The molecule has 1 atom stereocenters. The molecule has 4 rings (SSSR count). The van der Waals surface area contributed by atoms with Gasteiger partial charge in [-0.2, -0.15) is 13.2 Å². The average Bonchev–Trinajstić information content (AvgIpc) is 2.78. The van der Waals surface area contributed by atoms with Crippen molar-refractivity contribution >= 4 is 22.6 Å². The van der Waals surface area contributed by atoms with Crippen molar-refractivity contribution in [1.82, 2.24) is 15.3 Å². The van der Waals surface area contributed by atoms with Gasteiger partial charge < -0.3 is 20.4 Å². The molecule has 10 heteroatoms. The maximum atomic E-state index is 13.0. The monoisotopic (exact) mass is 478 g/mol. The maximum Gasteiger partial charge on any atom is 0.426 e. The van der Waals surface area contributed by atoms with E-state index in [-0.39, 0.29) is 8.60 Å². The third-order valence-electron chi connectivity index (χ3n) is 6.10. The van der Waals surface area contributed by atoms with E-state index < -0.39 is 23.7 Å². The number of nitrogens with one attached hydrogen (secondary N) is 1. The van der Waals surface area contributed by atoms with E-state index in [4.69, 9.17) is 4.98 Å². The van der Waals surface area contributed by atoms with Gasteiger partial charge in [0.2, 0.25) is 5.60 Å². The van der Waals surface area contributed by atoms with Crippen molar-refractivity contribution in [3.05, 3.63) is 48.0 Å². The number of benzene rings is 2. The summed E-state index contributed by atoms with van der Waals surface area (Å²) in [5.41, 5.74) is -1.24. The number of halogens is 3. The number of aliphatic hydroxyl groups is 1. The number of carbonyl (C=O) groups excluding carboxylic acids is 1. The van der Waals surface area contributed by atoms with Gasteiger partial charge in [0, 0.05) is 27.4 Å². The first kappa shape index (κ1) is 23.7. The number of phenols is 1. The Hall–Kier alpha value is -3.40. The van der Waals surface area contributed by atoms with Gasteiger partial charge in [-0.1, -0.05) is 18.2 Å². The summed E-state index contributed by atoms with van der Waals surface area (Å²) >= 11 is 0. The van der Waals surface area contributed by atoms with E-state index >= 15 is 0 Å². The van der Waals surface area contributed by atoms with Crippen LogP contribution in [0, 0.1) is 6.92 Å². The summed E-state index contributed by atoms with van der Waals surface area (Å²) in [6, 6.07) is 12.1. The largest absolute Gasteiger partial charge is 0.507 e. The van der Waals surface area contributed by atoms with E-state index in [9.17, 15) is 28.2 Å². The van der Waals surface area contributed by atoms with Crippen LogP contribution in [0.1, 0.15) is 28.2 Å². The molecule has 2 aromatic carbocycles. The van der Waals surface area contributed by atoms with Crippen molar-refractivity contribution in [3.63, 3.8) is 0 Å². The molecule has 1 saturated heterocycles. The average molecular weight is 479 g/mol. The van der Waals surface area contributed by atoms with Gasteiger partial charge in [0.15, 0.2) is 5.82 Å². The minimum Gasteiger partial charge on any atom is -0.507 e. The standard InChI is InChI=1S/C24H25F3N4O3.2H2/c1-14-7-8-16-18(13-14)29-20(17-5-3-4-6-19(17)32)30-21(16)31-11-9-15(10-12-31)28-22(33)23(2,34)24(25,26)27;;/h3-8,13,15,32,34H,9-12H2,1-2H3,(H,28,33);2*1H. The predicted octanol–water partition coefficient (Wildman–Crippen LogP) is 4.20. The second kappa shape index (κ2) is 8.75. The Bertz CT molecular complexity index is 1230. The molecule has 0 radical (unpaired) electrons. The molecule has 34 heavy (non-hydrogen) atoms. The lowest BCUT2D eigenvalue weighted by molar-refractivity contribution is -0.245. The normalized spacial score (nSPS) is 16.9. The minimum atomic E-state index is -5.06. The SMILES string of the molecule is Cc1ccc2c(N3CCC(NC(=O)C(C)(O)C(F)(F)F)CC3)nc(-c3ccccc3O)nc2c1.[HH].[HH]. The Morgan fingerprint density at radius 1 is 1.15 bits per heavy atom. The highest BCUT2D eigenvalue weighted by Gasteiger charge is 2.56. The molecule has 0 bridgehead atoms. The molecule has 3 aromatic rings. The Labute approximate surface area is 197 Å². The molecule has 0 aliphatic carbocycles. The van der Waals surface area contributed by atoms with E-state index in [1.54, 1.807) is 24.3 Å². The third kappa shape index (κ3) is 4.50. The van der Waals surface area contributed by atoms with Gasteiger partial charge >= 0.3 is 6.18 Å². The number of aromatic nitrogens is 2. The molecule has 1 aromatic heterocycles. The molecule has 7 nitrogen and oxygen atoms in total. The number of rotatable bonds is 4. The Kier molecular flexibility index (Phi) is 6.11. The molecular formula is C24H29F3N4O3. The second-order valence-corrected chi connectivity index (χ2v) is 8.71. The van der Waals surface area contributed by atoms with Crippen molar-refractivity contribution in [2.75, 3.05) is 18.0 Å². The van der Waals surface area contributed by atoms with Gasteiger partial charge in [0.1, 0.15) is 11.6 Å². The molecule has 3 N–H and O–H groups in total. The first-order chi connectivity index (χ1) is 16.0. The summed E-state index contributed by atoms with van der Waals surface area (Å²) in [4.78, 5) is 23.4. The van der Waals surface area contributed by atoms with Crippen LogP contribution in [0.3, 0.4) is 0 Å². The van der Waals surface area contributed by atoms with Crippen LogP contribution < -0.4 is 10.2 Å². The molecule has 1 unspecified atom stereocenters. The van der Waals surface area contributed by atoms with Crippen molar-refractivity contribution in [3.8, 4) is 17.1 Å². The zero-order valence-corrected chi connectivity index (χ0v) is 18.7. The lowest BCUT2D eigenvalue weighted by Crippen LogP contribution is -2.58. The summed E-state index contributed by atoms with van der Waals surface area (Å²) < 4.78 is 38.9. The van der Waals surface area contributed by atoms with E-state index in [2.05, 4.69) is 10.3 Å². The van der Waals surface area contributed by atoms with Crippen LogP contribution in [-0.4, -0.2) is 57.0 Å². The summed E-state index contributed by atoms with van der Waals surface area (Å²) in [6.45, 7) is 3.26. The highest BCUT2D eigenvalue weighted by Crippen LogP contribution is 2.34. The van der Waals surface area contributed by atoms with Crippen LogP contribution >= 0.6 is 0 Å². The Morgan fingerprint density at radius 2 is 1.82 bits per heavy atom. The molecule has 1 fully saturated rings. The number of carbonyl (C=O) groups is 1. The number of piperidine rings is 1. The molecule has 2 heterocycles. The third-order valence-corrected chi connectivity index (χ3v) is 6.10. The summed E-state index contributed by atoms with van der Waals surface area (Å²) in [6.07, 6.45) is -4.30. The van der Waals surface area contributed by atoms with Gasteiger partial charge in [0.05, 0.1) is 11.1 Å². The van der Waals surface area contributed by atoms with Gasteiger partial charge in [0.25, 0.3) is 5.91 Å². The van der Waals surface area contributed by atoms with Crippen molar-refractivity contribution in [2.45, 2.75) is 44.5 Å². The number of aryl methyl sites for hydroxylation is 1. The van der Waals surface area contributed by atoms with Crippen molar-refractivity contribution in [2.24, 2.45) is 0 Å². The number of amides is 1. The summed E-state index contributed by atoms with van der Waals surface area (Å²) in [5.74, 6) is -0.389. The van der Waals surface area contributed by atoms with E-state index in [0.29, 0.717) is 55.6 Å². The number of nitrogens with zero attached hydrogens (tertiary/aromatic N) is 3. The van der Waals surface area contributed by atoms with E-state index in [0.717, 1.165) is 10.9 Å². The molecule has 1 aliphatic rings. The van der Waals surface area contributed by atoms with Crippen LogP contribution in [0.2, 0.25) is 0 Å². The highest BCUT2D eigenvalue weighted by atomic mass is 19.4. The Balaban J connectivity index is 0.00000228. The van der Waals surface area contributed by atoms with E-state index in [1.165, 1.54) is 0 Å². The number of fused-ring (bicyclic) bond motifs is 1. The molecule has 1 amide bonds. The lowest BCUT2D eigenvalue weighted by Gasteiger charge is -2.35. The number of aromatic hydroxyl groups is 1. The van der Waals surface area contributed by atoms with Crippen LogP contribution in [0.4, 0.5) is 19.0 Å². The van der Waals surface area contributed by atoms with Crippen LogP contribution in [0.15, 0.2) is 42.5 Å². The second-order valence-electron chi connectivity index (χ2n) is 8.71. The van der Waals surface area contributed by atoms with Gasteiger partial charge in [-0.3, -0.25) is 4.79 Å². The number of hydrogen-bond donors (Lipinski definition) is 3. The lowest BCUT2D eigenvalue weighted by atomic mass is 10.0. The molecule has 0 saturated carbocycles. The maximum absolute atomic E-state index is 13.0. The zero-order chi connectivity index (χ0) is 24.7. The van der Waals surface area contributed by atoms with Crippen LogP contribution in [0.25, 0.3) is 22.3 Å². The first-order valence-corrected chi connectivity index (χ1v) is 10.9.